The number of amides is 2. The quantitative estimate of drug-likeness (QED) is 0.773. The van der Waals surface area contributed by atoms with E-state index in [0.29, 0.717) is 13.1 Å². The number of hydrogen-bond donors (Lipinski definition) is 1. The largest absolute Gasteiger partial charge is 0.356 e. The summed E-state index contributed by atoms with van der Waals surface area (Å²) >= 11 is 0. The molecular weight excluding hydrogens is 330 g/mol. The Bertz CT molecular complexity index is 777. The second-order valence-electron chi connectivity index (χ2n) is 6.72. The molecule has 0 radical (unpaired) electrons. The summed E-state index contributed by atoms with van der Waals surface area (Å²) < 4.78 is 3.91. The van der Waals surface area contributed by atoms with Crippen molar-refractivity contribution in [2.75, 3.05) is 18.0 Å². The molecule has 3 rings (SSSR count). The van der Waals surface area contributed by atoms with Gasteiger partial charge in [-0.25, -0.2) is 4.68 Å². The van der Waals surface area contributed by atoms with Crippen LogP contribution < -0.4 is 10.2 Å². The predicted octanol–water partition coefficient (Wildman–Crippen LogP) is 2.32. The van der Waals surface area contributed by atoms with Gasteiger partial charge < -0.3 is 9.88 Å². The van der Waals surface area contributed by atoms with Crippen LogP contribution in [0.2, 0.25) is 0 Å². The molecular formula is C19H27N5O2. The molecule has 0 saturated heterocycles. The molecule has 0 aromatic carbocycles. The standard InChI is InChI=1S/C19H27N5O2/c1-3-4-10-20-17(25)8-9-19(26)23-12-6-13-24-18(23)14-15(21-24)16-7-5-11-22(16)2/h5,7,11,14H,3-4,6,8-10,12-13H2,1-2H3,(H,20,25). The van der Waals surface area contributed by atoms with Crippen molar-refractivity contribution < 1.29 is 9.59 Å². The number of nitrogens with one attached hydrogen (secondary N) is 1. The van der Waals surface area contributed by atoms with E-state index in [2.05, 4.69) is 17.3 Å². The number of carbonyl (C=O) groups is 2. The van der Waals surface area contributed by atoms with Crippen molar-refractivity contribution in [2.45, 2.75) is 45.6 Å². The van der Waals surface area contributed by atoms with E-state index in [-0.39, 0.29) is 24.7 Å². The molecule has 0 bridgehead atoms. The fourth-order valence-corrected chi connectivity index (χ4v) is 3.24. The molecule has 0 unspecified atom stereocenters. The molecule has 140 valence electrons. The van der Waals surface area contributed by atoms with E-state index >= 15 is 0 Å². The minimum Gasteiger partial charge on any atom is -0.356 e. The van der Waals surface area contributed by atoms with Gasteiger partial charge in [-0.05, 0) is 25.0 Å². The molecule has 3 heterocycles. The maximum absolute atomic E-state index is 12.7. The second kappa shape index (κ2) is 8.21. The fraction of sp³-hybridized carbons (Fsp3) is 0.526. The summed E-state index contributed by atoms with van der Waals surface area (Å²) in [5.74, 6) is 0.751. The number of nitrogens with zero attached hydrogens (tertiary/aromatic N) is 4. The van der Waals surface area contributed by atoms with Crippen molar-refractivity contribution in [1.82, 2.24) is 19.7 Å². The average Bonchev–Trinajstić information content (AvgIpc) is 3.25. The molecule has 2 amide bonds. The summed E-state index contributed by atoms with van der Waals surface area (Å²) in [5, 5.41) is 7.51. The Morgan fingerprint density at radius 2 is 2.12 bits per heavy atom. The maximum Gasteiger partial charge on any atom is 0.228 e. The molecule has 2 aromatic heterocycles. The highest BCUT2D eigenvalue weighted by molar-refractivity contribution is 5.95. The van der Waals surface area contributed by atoms with Crippen molar-refractivity contribution >= 4 is 17.6 Å². The minimum atomic E-state index is -0.0539. The van der Waals surface area contributed by atoms with Crippen molar-refractivity contribution in [1.29, 1.82) is 0 Å². The molecule has 1 N–H and O–H groups in total. The first-order valence-corrected chi connectivity index (χ1v) is 9.36. The Kier molecular flexibility index (Phi) is 5.75. The molecule has 26 heavy (non-hydrogen) atoms. The normalized spacial score (nSPS) is 13.5. The lowest BCUT2D eigenvalue weighted by Crippen LogP contribution is -2.38. The lowest BCUT2D eigenvalue weighted by molar-refractivity contribution is -0.125. The van der Waals surface area contributed by atoms with E-state index in [1.165, 1.54) is 0 Å². The number of hydrogen-bond acceptors (Lipinski definition) is 3. The van der Waals surface area contributed by atoms with Crippen LogP contribution in [0.1, 0.15) is 39.0 Å². The fourth-order valence-electron chi connectivity index (χ4n) is 3.24. The number of carbonyl (C=O) groups excluding carboxylic acids is 2. The Balaban J connectivity index is 1.65. The van der Waals surface area contributed by atoms with E-state index in [4.69, 9.17) is 0 Å². The predicted molar refractivity (Wildman–Crippen MR) is 101 cm³/mol. The lowest BCUT2D eigenvalue weighted by atomic mass is 10.2. The third-order valence-corrected chi connectivity index (χ3v) is 4.71. The highest BCUT2D eigenvalue weighted by atomic mass is 16.2. The van der Waals surface area contributed by atoms with E-state index in [0.717, 1.165) is 43.0 Å². The summed E-state index contributed by atoms with van der Waals surface area (Å²) in [6, 6.07) is 5.96. The van der Waals surface area contributed by atoms with Crippen LogP contribution in [0, 0.1) is 0 Å². The van der Waals surface area contributed by atoms with Crippen LogP contribution in [0.3, 0.4) is 0 Å². The molecule has 2 aromatic rings. The monoisotopic (exact) mass is 357 g/mol. The third kappa shape index (κ3) is 3.98. The molecule has 7 nitrogen and oxygen atoms in total. The summed E-state index contributed by atoms with van der Waals surface area (Å²) in [4.78, 5) is 26.3. The number of aryl methyl sites for hydroxylation is 2. The van der Waals surface area contributed by atoms with E-state index in [1.807, 2.05) is 40.7 Å². The van der Waals surface area contributed by atoms with Crippen molar-refractivity contribution in [3.63, 3.8) is 0 Å². The van der Waals surface area contributed by atoms with Gasteiger partial charge >= 0.3 is 0 Å². The maximum atomic E-state index is 12.7. The molecule has 1 aliphatic rings. The Morgan fingerprint density at radius 1 is 1.27 bits per heavy atom. The topological polar surface area (TPSA) is 72.2 Å². The van der Waals surface area contributed by atoms with Gasteiger partial charge in [0.25, 0.3) is 0 Å². The van der Waals surface area contributed by atoms with Crippen molar-refractivity contribution in [2.24, 2.45) is 7.05 Å². The van der Waals surface area contributed by atoms with Gasteiger partial charge in [-0.2, -0.15) is 5.10 Å². The molecule has 0 fully saturated rings. The molecule has 0 aliphatic carbocycles. The van der Waals surface area contributed by atoms with Gasteiger partial charge in [-0.1, -0.05) is 13.3 Å². The van der Waals surface area contributed by atoms with Gasteiger partial charge in [0, 0.05) is 51.8 Å². The Morgan fingerprint density at radius 3 is 2.85 bits per heavy atom. The summed E-state index contributed by atoms with van der Waals surface area (Å²) in [6.07, 6.45) is 5.32. The van der Waals surface area contributed by atoms with Gasteiger partial charge in [0.1, 0.15) is 11.5 Å². The van der Waals surface area contributed by atoms with Crippen LogP contribution in [-0.4, -0.2) is 39.3 Å². The van der Waals surface area contributed by atoms with Crippen molar-refractivity contribution in [3.05, 3.63) is 24.4 Å². The summed E-state index contributed by atoms with van der Waals surface area (Å²) in [6.45, 7) is 4.24. The summed E-state index contributed by atoms with van der Waals surface area (Å²) in [7, 11) is 1.98. The van der Waals surface area contributed by atoms with Crippen LogP contribution in [0.25, 0.3) is 11.4 Å². The number of unbranched alkanes of at least 4 members (excludes halogenated alkanes) is 1. The number of aromatic nitrogens is 3. The molecule has 0 spiro atoms. The number of anilines is 1. The molecule has 0 saturated carbocycles. The zero-order chi connectivity index (χ0) is 18.5. The van der Waals surface area contributed by atoms with Crippen molar-refractivity contribution in [3.8, 4) is 11.4 Å². The zero-order valence-electron chi connectivity index (χ0n) is 15.6. The van der Waals surface area contributed by atoms with Gasteiger partial charge in [0.2, 0.25) is 11.8 Å². The third-order valence-electron chi connectivity index (χ3n) is 4.71. The van der Waals surface area contributed by atoms with Crippen LogP contribution in [0.15, 0.2) is 24.4 Å². The van der Waals surface area contributed by atoms with Gasteiger partial charge in [-0.3, -0.25) is 14.5 Å². The Labute approximate surface area is 154 Å². The van der Waals surface area contributed by atoms with Crippen LogP contribution in [0.5, 0.6) is 0 Å². The minimum absolute atomic E-state index is 0.0186. The average molecular weight is 357 g/mol. The zero-order valence-corrected chi connectivity index (χ0v) is 15.6. The highest BCUT2D eigenvalue weighted by Crippen LogP contribution is 2.28. The van der Waals surface area contributed by atoms with Gasteiger partial charge in [0.15, 0.2) is 0 Å². The van der Waals surface area contributed by atoms with Crippen LogP contribution >= 0.6 is 0 Å². The first kappa shape index (κ1) is 18.2. The summed E-state index contributed by atoms with van der Waals surface area (Å²) in [5.41, 5.74) is 1.89. The van der Waals surface area contributed by atoms with Gasteiger partial charge in [-0.15, -0.1) is 0 Å². The highest BCUT2D eigenvalue weighted by Gasteiger charge is 2.25. The molecule has 1 aliphatic heterocycles. The van der Waals surface area contributed by atoms with Gasteiger partial charge in [0.05, 0.1) is 5.69 Å². The van der Waals surface area contributed by atoms with E-state index < -0.39 is 0 Å². The van der Waals surface area contributed by atoms with E-state index in [1.54, 1.807) is 4.90 Å². The van der Waals surface area contributed by atoms with E-state index in [9.17, 15) is 9.59 Å². The Hall–Kier alpha value is -2.57. The first-order valence-electron chi connectivity index (χ1n) is 9.36. The number of rotatable bonds is 7. The second-order valence-corrected chi connectivity index (χ2v) is 6.72. The molecule has 0 atom stereocenters. The first-order chi connectivity index (χ1) is 12.6. The van der Waals surface area contributed by atoms with Crippen LogP contribution in [-0.2, 0) is 23.2 Å². The lowest BCUT2D eigenvalue weighted by Gasteiger charge is -2.27. The van der Waals surface area contributed by atoms with Crippen LogP contribution in [0.4, 0.5) is 5.82 Å². The molecule has 7 heteroatoms. The smallest absolute Gasteiger partial charge is 0.228 e. The SMILES string of the molecule is CCCCNC(=O)CCC(=O)N1CCCn2nc(-c3cccn3C)cc21. The number of fused-ring (bicyclic) bond motifs is 1.